The summed E-state index contributed by atoms with van der Waals surface area (Å²) in [4.78, 5) is 2.47. The van der Waals surface area contributed by atoms with Gasteiger partial charge in [-0.15, -0.1) is 11.3 Å². The van der Waals surface area contributed by atoms with Gasteiger partial charge in [-0.1, -0.05) is 127 Å². The fourth-order valence-corrected chi connectivity index (χ4v) is 8.15. The van der Waals surface area contributed by atoms with Crippen LogP contribution in [-0.2, 0) is 0 Å². The van der Waals surface area contributed by atoms with Gasteiger partial charge in [0, 0.05) is 31.9 Å². The lowest BCUT2D eigenvalue weighted by molar-refractivity contribution is 1.32. The topological polar surface area (TPSA) is 3.24 Å². The Balaban J connectivity index is 1.44. The molecule has 0 amide bonds. The number of para-hydroxylation sites is 1. The third-order valence-corrected chi connectivity index (χ3v) is 9.86. The Labute approximate surface area is 247 Å². The highest BCUT2D eigenvalue weighted by Crippen LogP contribution is 2.50. The fourth-order valence-electron chi connectivity index (χ4n) is 6.79. The van der Waals surface area contributed by atoms with Crippen molar-refractivity contribution in [1.82, 2.24) is 0 Å². The van der Waals surface area contributed by atoms with Crippen LogP contribution in [0, 0.1) is 0 Å². The van der Waals surface area contributed by atoms with E-state index in [2.05, 4.69) is 157 Å². The molecule has 9 rings (SSSR count). The van der Waals surface area contributed by atoms with Crippen LogP contribution in [0.1, 0.15) is 0 Å². The molecule has 0 spiro atoms. The number of rotatable bonds is 3. The summed E-state index contributed by atoms with van der Waals surface area (Å²) in [6, 6.07) is 55.3. The van der Waals surface area contributed by atoms with Gasteiger partial charge in [-0.05, 0) is 56.6 Å². The molecule has 0 saturated heterocycles. The van der Waals surface area contributed by atoms with Crippen LogP contribution in [0.4, 0.5) is 17.1 Å². The smallest absolute Gasteiger partial charge is 0.0640 e. The highest BCUT2D eigenvalue weighted by atomic mass is 32.1. The van der Waals surface area contributed by atoms with E-state index in [4.69, 9.17) is 0 Å². The number of hydrogen-bond acceptors (Lipinski definition) is 2. The third kappa shape index (κ3) is 3.36. The first-order chi connectivity index (χ1) is 20.9. The normalized spacial score (nSPS) is 11.8. The monoisotopic (exact) mass is 551 g/mol. The maximum Gasteiger partial charge on any atom is 0.0640 e. The Bertz CT molecular complexity index is 2470. The van der Waals surface area contributed by atoms with Crippen LogP contribution in [-0.4, -0.2) is 0 Å². The van der Waals surface area contributed by atoms with Gasteiger partial charge >= 0.3 is 0 Å². The molecule has 196 valence electrons. The molecule has 1 nitrogen and oxygen atoms in total. The average Bonchev–Trinajstić information content (AvgIpc) is 3.47. The number of anilines is 3. The van der Waals surface area contributed by atoms with Gasteiger partial charge in [0.2, 0.25) is 0 Å². The highest BCUT2D eigenvalue weighted by molar-refractivity contribution is 7.27. The molecule has 0 unspecified atom stereocenters. The zero-order chi connectivity index (χ0) is 27.6. The van der Waals surface area contributed by atoms with E-state index >= 15 is 0 Å². The second-order valence-corrected chi connectivity index (χ2v) is 11.9. The van der Waals surface area contributed by atoms with Crippen LogP contribution >= 0.6 is 11.3 Å². The Kier molecular flexibility index (Phi) is 5.13. The van der Waals surface area contributed by atoms with E-state index in [0.29, 0.717) is 0 Å². The molecule has 0 N–H and O–H groups in total. The molecular weight excluding hydrogens is 527 g/mol. The Morgan fingerprint density at radius 2 is 0.905 bits per heavy atom. The number of fused-ring (bicyclic) bond motifs is 11. The molecule has 1 heterocycles. The molecule has 8 aromatic carbocycles. The Morgan fingerprint density at radius 3 is 1.67 bits per heavy atom. The van der Waals surface area contributed by atoms with E-state index in [9.17, 15) is 0 Å². The number of benzene rings is 8. The predicted octanol–water partition coefficient (Wildman–Crippen LogP) is 12.1. The van der Waals surface area contributed by atoms with E-state index in [1.807, 2.05) is 11.3 Å². The first-order valence-electron chi connectivity index (χ1n) is 14.4. The molecule has 0 bridgehead atoms. The van der Waals surface area contributed by atoms with Crippen molar-refractivity contribution >= 4 is 91.7 Å². The molecule has 1 aromatic heterocycles. The molecular formula is C40H25NS. The summed E-state index contributed by atoms with van der Waals surface area (Å²) in [5.74, 6) is 0. The minimum atomic E-state index is 1.15. The highest BCUT2D eigenvalue weighted by Gasteiger charge is 2.22. The van der Waals surface area contributed by atoms with Gasteiger partial charge in [0.1, 0.15) is 0 Å². The molecule has 0 fully saturated rings. The van der Waals surface area contributed by atoms with Crippen molar-refractivity contribution in [2.45, 2.75) is 0 Å². The third-order valence-electron chi connectivity index (χ3n) is 8.60. The lowest BCUT2D eigenvalue weighted by atomic mass is 9.96. The second-order valence-electron chi connectivity index (χ2n) is 10.9. The maximum absolute atomic E-state index is 2.47. The molecule has 0 radical (unpaired) electrons. The summed E-state index contributed by atoms with van der Waals surface area (Å²) in [5, 5.41) is 13.0. The van der Waals surface area contributed by atoms with Crippen LogP contribution < -0.4 is 4.90 Å². The van der Waals surface area contributed by atoms with E-state index in [1.165, 1.54) is 74.6 Å². The van der Waals surface area contributed by atoms with Crippen molar-refractivity contribution in [3.05, 3.63) is 152 Å². The van der Waals surface area contributed by atoms with Crippen LogP contribution in [0.15, 0.2) is 152 Å². The van der Waals surface area contributed by atoms with Crippen molar-refractivity contribution in [3.63, 3.8) is 0 Å². The maximum atomic E-state index is 2.47. The zero-order valence-corrected chi connectivity index (χ0v) is 23.6. The number of hydrogen-bond donors (Lipinski definition) is 0. The first kappa shape index (κ1) is 23.5. The zero-order valence-electron chi connectivity index (χ0n) is 22.8. The van der Waals surface area contributed by atoms with Crippen molar-refractivity contribution in [2.24, 2.45) is 0 Å². The Morgan fingerprint density at radius 1 is 0.357 bits per heavy atom. The Hall–Kier alpha value is -5.18. The molecule has 42 heavy (non-hydrogen) atoms. The molecule has 0 atom stereocenters. The van der Waals surface area contributed by atoms with Crippen molar-refractivity contribution in [2.75, 3.05) is 4.90 Å². The van der Waals surface area contributed by atoms with Crippen molar-refractivity contribution in [3.8, 4) is 0 Å². The minimum absolute atomic E-state index is 1.15. The van der Waals surface area contributed by atoms with Crippen LogP contribution in [0.2, 0.25) is 0 Å². The predicted molar refractivity (Wildman–Crippen MR) is 184 cm³/mol. The van der Waals surface area contributed by atoms with Crippen LogP contribution in [0.25, 0.3) is 63.3 Å². The van der Waals surface area contributed by atoms with Gasteiger partial charge in [0.25, 0.3) is 0 Å². The summed E-state index contributed by atoms with van der Waals surface area (Å²) < 4.78 is 2.65. The molecule has 0 saturated carbocycles. The largest absolute Gasteiger partial charge is 0.308 e. The summed E-state index contributed by atoms with van der Waals surface area (Å²) in [6.07, 6.45) is 0. The lowest BCUT2D eigenvalue weighted by Crippen LogP contribution is -2.10. The standard InChI is InChI=1S/C40H25NS/c1-2-14-27(15-3-1)41(37-25-26-13-4-5-16-28(26)29-17-6-9-20-32(29)37)36-24-12-23-35-38-33-21-10-7-18-30(33)31-19-8-11-22-34(31)40(38)42-39(35)36/h1-25H. The van der Waals surface area contributed by atoms with Crippen LogP contribution in [0.5, 0.6) is 0 Å². The molecule has 9 aromatic rings. The van der Waals surface area contributed by atoms with Crippen molar-refractivity contribution in [1.29, 1.82) is 0 Å². The average molecular weight is 552 g/mol. The van der Waals surface area contributed by atoms with E-state index in [1.54, 1.807) is 0 Å². The SMILES string of the molecule is c1ccc(N(c2cc3ccccc3c3ccccc23)c2cccc3c2sc2c4ccccc4c4ccccc4c32)cc1. The quantitative estimate of drug-likeness (QED) is 0.197. The van der Waals surface area contributed by atoms with Gasteiger partial charge in [-0.25, -0.2) is 0 Å². The van der Waals surface area contributed by atoms with Crippen LogP contribution in [0.3, 0.4) is 0 Å². The summed E-state index contributed by atoms with van der Waals surface area (Å²) in [7, 11) is 0. The molecule has 0 aliphatic rings. The summed E-state index contributed by atoms with van der Waals surface area (Å²) in [5.41, 5.74) is 3.54. The molecule has 2 heteroatoms. The van der Waals surface area contributed by atoms with Crippen molar-refractivity contribution < 1.29 is 0 Å². The number of nitrogens with zero attached hydrogens (tertiary/aromatic N) is 1. The van der Waals surface area contributed by atoms with Gasteiger partial charge in [0.15, 0.2) is 0 Å². The van der Waals surface area contributed by atoms with Gasteiger partial charge in [-0.2, -0.15) is 0 Å². The molecule has 0 aliphatic heterocycles. The van der Waals surface area contributed by atoms with E-state index in [0.717, 1.165) is 5.69 Å². The first-order valence-corrected chi connectivity index (χ1v) is 15.2. The minimum Gasteiger partial charge on any atom is -0.308 e. The van der Waals surface area contributed by atoms with E-state index < -0.39 is 0 Å². The number of thiophene rings is 1. The van der Waals surface area contributed by atoms with Gasteiger partial charge in [0.05, 0.1) is 16.1 Å². The lowest BCUT2D eigenvalue weighted by Gasteiger charge is -2.28. The van der Waals surface area contributed by atoms with E-state index in [-0.39, 0.29) is 0 Å². The fraction of sp³-hybridized carbons (Fsp3) is 0. The second kappa shape index (κ2) is 9.17. The van der Waals surface area contributed by atoms with Gasteiger partial charge < -0.3 is 4.90 Å². The summed E-state index contributed by atoms with van der Waals surface area (Å²) in [6.45, 7) is 0. The molecule has 0 aliphatic carbocycles. The summed E-state index contributed by atoms with van der Waals surface area (Å²) >= 11 is 1.92. The van der Waals surface area contributed by atoms with Gasteiger partial charge in [-0.3, -0.25) is 0 Å².